The van der Waals surface area contributed by atoms with Crippen LogP contribution in [0, 0.1) is 0 Å². The highest BCUT2D eigenvalue weighted by molar-refractivity contribution is 5.99. The Morgan fingerprint density at radius 3 is 3.12 bits per heavy atom. The Labute approximate surface area is 102 Å². The molecule has 0 fully saturated rings. The van der Waals surface area contributed by atoms with E-state index in [-0.39, 0.29) is 0 Å². The van der Waals surface area contributed by atoms with Gasteiger partial charge in [-0.15, -0.1) is 0 Å². The molecule has 0 aliphatic carbocycles. The van der Waals surface area contributed by atoms with E-state index in [1.165, 1.54) is 12.8 Å². The van der Waals surface area contributed by atoms with Crippen molar-refractivity contribution in [3.63, 3.8) is 0 Å². The van der Waals surface area contributed by atoms with E-state index in [0.717, 1.165) is 35.9 Å². The number of nitrogens with one attached hydrogen (secondary N) is 1. The monoisotopic (exact) mass is 233 g/mol. The molecule has 0 bridgehead atoms. The summed E-state index contributed by atoms with van der Waals surface area (Å²) in [5.74, 6) is 1.73. The van der Waals surface area contributed by atoms with Crippen LogP contribution in [0.3, 0.4) is 0 Å². The van der Waals surface area contributed by atoms with Gasteiger partial charge in [-0.05, 0) is 24.6 Å². The van der Waals surface area contributed by atoms with Gasteiger partial charge in [0.15, 0.2) is 0 Å². The van der Waals surface area contributed by atoms with Gasteiger partial charge in [0.25, 0.3) is 0 Å². The standard InChI is InChI=1S/C13H19N3O/c1-2-3-4-7-15-13-9-17-12-6-5-10(14)8-11(12)16-13/h5-6,8H,2-4,7,9,14H2,1H3,(H,15,16). The van der Waals surface area contributed by atoms with E-state index in [2.05, 4.69) is 17.2 Å². The van der Waals surface area contributed by atoms with E-state index in [9.17, 15) is 0 Å². The largest absolute Gasteiger partial charge is 0.484 e. The highest BCUT2D eigenvalue weighted by Crippen LogP contribution is 2.29. The number of anilines is 2. The molecule has 1 aromatic carbocycles. The van der Waals surface area contributed by atoms with Crippen molar-refractivity contribution in [2.24, 2.45) is 4.99 Å². The Kier molecular flexibility index (Phi) is 3.85. The van der Waals surface area contributed by atoms with Crippen LogP contribution >= 0.6 is 0 Å². The zero-order valence-corrected chi connectivity index (χ0v) is 10.2. The summed E-state index contributed by atoms with van der Waals surface area (Å²) in [4.78, 5) is 4.49. The average Bonchev–Trinajstić information content (AvgIpc) is 2.34. The van der Waals surface area contributed by atoms with Crippen molar-refractivity contribution in [2.45, 2.75) is 26.2 Å². The number of hydrogen-bond donors (Lipinski definition) is 2. The summed E-state index contributed by atoms with van der Waals surface area (Å²) in [6.07, 6.45) is 3.57. The topological polar surface area (TPSA) is 59.6 Å². The molecule has 0 saturated heterocycles. The first-order valence-electron chi connectivity index (χ1n) is 6.12. The van der Waals surface area contributed by atoms with Crippen LogP contribution in [0.25, 0.3) is 0 Å². The highest BCUT2D eigenvalue weighted by atomic mass is 16.5. The van der Waals surface area contributed by atoms with Crippen molar-refractivity contribution in [2.75, 3.05) is 24.2 Å². The number of benzene rings is 1. The lowest BCUT2D eigenvalue weighted by Gasteiger charge is -2.21. The minimum Gasteiger partial charge on any atom is -0.484 e. The van der Waals surface area contributed by atoms with Gasteiger partial charge in [-0.3, -0.25) is 4.99 Å². The molecule has 0 saturated carbocycles. The Morgan fingerprint density at radius 2 is 2.29 bits per heavy atom. The number of fused-ring (bicyclic) bond motifs is 1. The van der Waals surface area contributed by atoms with Crippen LogP contribution in [0.2, 0.25) is 0 Å². The Bertz CT molecular complexity index is 415. The number of hydrogen-bond acceptors (Lipinski definition) is 3. The maximum atomic E-state index is 5.73. The average molecular weight is 233 g/mol. The van der Waals surface area contributed by atoms with Gasteiger partial charge >= 0.3 is 0 Å². The Morgan fingerprint density at radius 1 is 1.41 bits per heavy atom. The first kappa shape index (κ1) is 11.8. The van der Waals surface area contributed by atoms with Crippen molar-refractivity contribution < 1.29 is 4.74 Å². The van der Waals surface area contributed by atoms with Gasteiger partial charge in [-0.25, -0.2) is 0 Å². The fourth-order valence-corrected chi connectivity index (χ4v) is 1.77. The number of nitrogens with zero attached hydrogens (tertiary/aromatic N) is 1. The second-order valence-electron chi connectivity index (χ2n) is 4.20. The maximum absolute atomic E-state index is 5.73. The molecule has 92 valence electrons. The summed E-state index contributed by atoms with van der Waals surface area (Å²) in [7, 11) is 0. The van der Waals surface area contributed by atoms with Crippen molar-refractivity contribution in [1.29, 1.82) is 0 Å². The van der Waals surface area contributed by atoms with Crippen LogP contribution < -0.4 is 15.8 Å². The molecule has 17 heavy (non-hydrogen) atoms. The lowest BCUT2D eigenvalue weighted by molar-refractivity contribution is 0.372. The molecule has 1 aliphatic heterocycles. The molecule has 4 nitrogen and oxygen atoms in total. The molecule has 1 heterocycles. The van der Waals surface area contributed by atoms with E-state index in [1.54, 1.807) is 0 Å². The molecule has 0 atom stereocenters. The Balaban J connectivity index is 1.97. The number of unbranched alkanes of at least 4 members (excludes halogenated alkanes) is 2. The molecule has 0 unspecified atom stereocenters. The Hall–Kier alpha value is -1.71. The summed E-state index contributed by atoms with van der Waals surface area (Å²) >= 11 is 0. The summed E-state index contributed by atoms with van der Waals surface area (Å²) in [5, 5.41) is 3.26. The van der Waals surface area contributed by atoms with Crippen LogP contribution in [-0.4, -0.2) is 19.0 Å². The molecule has 1 aliphatic rings. The van der Waals surface area contributed by atoms with E-state index >= 15 is 0 Å². The fourth-order valence-electron chi connectivity index (χ4n) is 1.77. The van der Waals surface area contributed by atoms with Gasteiger partial charge < -0.3 is 15.8 Å². The van der Waals surface area contributed by atoms with Crippen LogP contribution in [0.4, 0.5) is 11.4 Å². The van der Waals surface area contributed by atoms with Gasteiger partial charge in [0.05, 0.1) is 5.69 Å². The summed E-state index contributed by atoms with van der Waals surface area (Å²) < 4.78 is 5.60. The van der Waals surface area contributed by atoms with Gasteiger partial charge in [-0.2, -0.15) is 0 Å². The van der Waals surface area contributed by atoms with Crippen LogP contribution in [-0.2, 0) is 0 Å². The lowest BCUT2D eigenvalue weighted by atomic mass is 10.2. The summed E-state index contributed by atoms with van der Waals surface area (Å²) in [6.45, 7) is 3.56. The van der Waals surface area contributed by atoms with E-state index in [0.29, 0.717) is 6.61 Å². The molecule has 3 N–H and O–H groups in total. The van der Waals surface area contributed by atoms with Crippen molar-refractivity contribution in [3.8, 4) is 5.75 Å². The number of rotatable bonds is 4. The SMILES string of the molecule is CCCCCN=C1COc2ccc(N)cc2N1. The number of amidine groups is 1. The third kappa shape index (κ3) is 3.12. The second kappa shape index (κ2) is 5.57. The smallest absolute Gasteiger partial charge is 0.145 e. The third-order valence-corrected chi connectivity index (χ3v) is 2.71. The van der Waals surface area contributed by atoms with Crippen molar-refractivity contribution >= 4 is 17.2 Å². The molecule has 4 heteroatoms. The fraction of sp³-hybridized carbons (Fsp3) is 0.462. The predicted molar refractivity (Wildman–Crippen MR) is 71.8 cm³/mol. The van der Waals surface area contributed by atoms with E-state index in [1.807, 2.05) is 18.2 Å². The predicted octanol–water partition coefficient (Wildman–Crippen LogP) is 2.66. The van der Waals surface area contributed by atoms with Gasteiger partial charge in [0.1, 0.15) is 18.2 Å². The van der Waals surface area contributed by atoms with Crippen LogP contribution in [0.15, 0.2) is 23.2 Å². The summed E-state index contributed by atoms with van der Waals surface area (Å²) in [6, 6.07) is 5.59. The van der Waals surface area contributed by atoms with Crippen molar-refractivity contribution in [3.05, 3.63) is 18.2 Å². The number of nitrogens with two attached hydrogens (primary N) is 1. The number of nitrogen functional groups attached to an aromatic ring is 1. The first-order chi connectivity index (χ1) is 8.29. The van der Waals surface area contributed by atoms with E-state index < -0.39 is 0 Å². The number of aliphatic imine (C=N–C) groups is 1. The molecule has 0 amide bonds. The molecule has 0 radical (unpaired) electrons. The number of ether oxygens (including phenoxy) is 1. The molecule has 0 aromatic heterocycles. The summed E-state index contributed by atoms with van der Waals surface area (Å²) in [5.41, 5.74) is 7.37. The second-order valence-corrected chi connectivity index (χ2v) is 4.20. The highest BCUT2D eigenvalue weighted by Gasteiger charge is 2.13. The minimum absolute atomic E-state index is 0.517. The molecular weight excluding hydrogens is 214 g/mol. The van der Waals surface area contributed by atoms with Crippen LogP contribution in [0.1, 0.15) is 26.2 Å². The normalized spacial score (nSPS) is 16.2. The minimum atomic E-state index is 0.517. The quantitative estimate of drug-likeness (QED) is 0.621. The van der Waals surface area contributed by atoms with Gasteiger partial charge in [-0.1, -0.05) is 19.8 Å². The van der Waals surface area contributed by atoms with Crippen molar-refractivity contribution in [1.82, 2.24) is 0 Å². The molecular formula is C13H19N3O. The van der Waals surface area contributed by atoms with E-state index in [4.69, 9.17) is 10.5 Å². The first-order valence-corrected chi connectivity index (χ1v) is 6.12. The van der Waals surface area contributed by atoms with Crippen LogP contribution in [0.5, 0.6) is 5.75 Å². The molecule has 1 aromatic rings. The van der Waals surface area contributed by atoms with Gasteiger partial charge in [0, 0.05) is 12.2 Å². The zero-order valence-electron chi connectivity index (χ0n) is 10.2. The maximum Gasteiger partial charge on any atom is 0.145 e. The zero-order chi connectivity index (χ0) is 12.1. The third-order valence-electron chi connectivity index (χ3n) is 2.71. The van der Waals surface area contributed by atoms with Gasteiger partial charge in [0.2, 0.25) is 0 Å². The molecule has 0 spiro atoms. The molecule has 2 rings (SSSR count). The lowest BCUT2D eigenvalue weighted by Crippen LogP contribution is -2.26.